The van der Waals surface area contributed by atoms with Crippen molar-refractivity contribution in [2.24, 2.45) is 22.7 Å². The van der Waals surface area contributed by atoms with Gasteiger partial charge in [0.15, 0.2) is 0 Å². The van der Waals surface area contributed by atoms with E-state index in [1.807, 2.05) is 0 Å². The summed E-state index contributed by atoms with van der Waals surface area (Å²) >= 11 is 0. The lowest BCUT2D eigenvalue weighted by molar-refractivity contribution is 0.0667. The van der Waals surface area contributed by atoms with E-state index in [1.165, 1.54) is 116 Å². The highest BCUT2D eigenvalue weighted by molar-refractivity contribution is 5.25. The third-order valence-electron chi connectivity index (χ3n) is 8.71. The number of hydrogen-bond acceptors (Lipinski definition) is 4. The minimum Gasteiger partial charge on any atom is -0.317 e. The summed E-state index contributed by atoms with van der Waals surface area (Å²) in [5.74, 6) is 1.77. The standard InChI is InChI=1S/C31H54N4/c1-30(2,22-29-7-5-6-28(21-29)20-26-8-12-32-13-9-26)24-31(3,4)25-35-18-16-34(17-19-35)23-27-10-14-33-15-11-27/h5-7,21,26-27,32-33H,8-20,22-25H2,1-4H3. The average molecular weight is 483 g/mol. The van der Waals surface area contributed by atoms with E-state index < -0.39 is 0 Å². The summed E-state index contributed by atoms with van der Waals surface area (Å²) in [7, 11) is 0. The molecule has 3 aliphatic rings. The highest BCUT2D eigenvalue weighted by Crippen LogP contribution is 2.37. The normalized spacial score (nSPS) is 22.5. The zero-order valence-electron chi connectivity index (χ0n) is 23.4. The van der Waals surface area contributed by atoms with Gasteiger partial charge >= 0.3 is 0 Å². The van der Waals surface area contributed by atoms with Crippen LogP contribution in [0.2, 0.25) is 0 Å². The van der Waals surface area contributed by atoms with Gasteiger partial charge in [0, 0.05) is 39.3 Å². The third kappa shape index (κ3) is 9.14. The highest BCUT2D eigenvalue weighted by Gasteiger charge is 2.32. The second-order valence-corrected chi connectivity index (χ2v) is 13.7. The van der Waals surface area contributed by atoms with Crippen molar-refractivity contribution in [2.45, 2.75) is 72.6 Å². The van der Waals surface area contributed by atoms with Crippen LogP contribution in [0.5, 0.6) is 0 Å². The van der Waals surface area contributed by atoms with E-state index >= 15 is 0 Å². The van der Waals surface area contributed by atoms with E-state index in [9.17, 15) is 0 Å². The lowest BCUT2D eigenvalue weighted by Crippen LogP contribution is -2.51. The molecule has 198 valence electrons. The van der Waals surface area contributed by atoms with Gasteiger partial charge in [-0.15, -0.1) is 0 Å². The van der Waals surface area contributed by atoms with Gasteiger partial charge in [0.1, 0.15) is 0 Å². The van der Waals surface area contributed by atoms with Gasteiger partial charge in [-0.2, -0.15) is 0 Å². The molecule has 3 heterocycles. The summed E-state index contributed by atoms with van der Waals surface area (Å²) in [5, 5.41) is 7.01. The molecular weight excluding hydrogens is 428 g/mol. The molecule has 3 saturated heterocycles. The van der Waals surface area contributed by atoms with Crippen LogP contribution in [-0.4, -0.2) is 75.2 Å². The number of piperazine rings is 1. The van der Waals surface area contributed by atoms with Crippen LogP contribution in [-0.2, 0) is 12.8 Å². The molecule has 0 saturated carbocycles. The van der Waals surface area contributed by atoms with E-state index in [2.05, 4.69) is 72.4 Å². The number of rotatable bonds is 10. The van der Waals surface area contributed by atoms with Crippen LogP contribution in [0.15, 0.2) is 24.3 Å². The lowest BCUT2D eigenvalue weighted by atomic mass is 9.71. The molecule has 3 aliphatic heterocycles. The Morgan fingerprint density at radius 3 is 1.97 bits per heavy atom. The summed E-state index contributed by atoms with van der Waals surface area (Å²) in [6.07, 6.45) is 9.10. The van der Waals surface area contributed by atoms with Crippen LogP contribution in [0.25, 0.3) is 0 Å². The number of piperidine rings is 2. The van der Waals surface area contributed by atoms with Gasteiger partial charge in [0.05, 0.1) is 0 Å². The molecule has 1 aromatic carbocycles. The molecule has 2 N–H and O–H groups in total. The molecule has 0 aromatic heterocycles. The molecular formula is C31H54N4. The predicted octanol–water partition coefficient (Wildman–Crippen LogP) is 4.83. The second kappa shape index (κ2) is 12.5. The van der Waals surface area contributed by atoms with Crippen LogP contribution in [0, 0.1) is 22.7 Å². The molecule has 0 radical (unpaired) electrons. The van der Waals surface area contributed by atoms with E-state index in [0.29, 0.717) is 10.8 Å². The first kappa shape index (κ1) is 27.1. The van der Waals surface area contributed by atoms with Crippen LogP contribution in [0.4, 0.5) is 0 Å². The van der Waals surface area contributed by atoms with Crippen molar-refractivity contribution in [3.63, 3.8) is 0 Å². The maximum absolute atomic E-state index is 3.51. The van der Waals surface area contributed by atoms with Crippen molar-refractivity contribution in [2.75, 3.05) is 65.4 Å². The van der Waals surface area contributed by atoms with Crippen molar-refractivity contribution >= 4 is 0 Å². The van der Waals surface area contributed by atoms with Crippen LogP contribution in [0.3, 0.4) is 0 Å². The Labute approximate surface area is 216 Å². The van der Waals surface area contributed by atoms with Gasteiger partial charge in [0.2, 0.25) is 0 Å². The van der Waals surface area contributed by atoms with Gasteiger partial charge < -0.3 is 20.4 Å². The van der Waals surface area contributed by atoms with Crippen molar-refractivity contribution in [3.8, 4) is 0 Å². The molecule has 35 heavy (non-hydrogen) atoms. The molecule has 0 atom stereocenters. The number of benzene rings is 1. The Bertz CT molecular complexity index is 753. The van der Waals surface area contributed by atoms with Gasteiger partial charge in [-0.05, 0) is 105 Å². The molecule has 0 unspecified atom stereocenters. The maximum Gasteiger partial charge on any atom is 0.0110 e. The zero-order valence-corrected chi connectivity index (χ0v) is 23.4. The zero-order chi connectivity index (χ0) is 24.7. The van der Waals surface area contributed by atoms with Crippen molar-refractivity contribution in [1.29, 1.82) is 0 Å². The average Bonchev–Trinajstić information content (AvgIpc) is 2.81. The molecule has 4 rings (SSSR count). The Morgan fingerprint density at radius 2 is 1.31 bits per heavy atom. The molecule has 0 amide bonds. The Balaban J connectivity index is 1.22. The number of nitrogens with one attached hydrogen (secondary N) is 2. The first-order valence-electron chi connectivity index (χ1n) is 14.7. The third-order valence-corrected chi connectivity index (χ3v) is 8.71. The molecule has 4 heteroatoms. The fourth-order valence-electron chi connectivity index (χ4n) is 7.42. The van der Waals surface area contributed by atoms with Crippen LogP contribution >= 0.6 is 0 Å². The Morgan fingerprint density at radius 1 is 0.743 bits per heavy atom. The summed E-state index contributed by atoms with van der Waals surface area (Å²) < 4.78 is 0. The molecule has 0 spiro atoms. The SMILES string of the molecule is CC(C)(Cc1cccc(CC2CCNCC2)c1)CC(C)(C)CN1CCN(CC2CCNCC2)CC1. The minimum atomic E-state index is 0.313. The summed E-state index contributed by atoms with van der Waals surface area (Å²) in [4.78, 5) is 5.48. The number of hydrogen-bond donors (Lipinski definition) is 2. The Hall–Kier alpha value is -0.940. The fraction of sp³-hybridized carbons (Fsp3) is 0.806. The van der Waals surface area contributed by atoms with Gasteiger partial charge in [-0.3, -0.25) is 0 Å². The van der Waals surface area contributed by atoms with Crippen molar-refractivity contribution < 1.29 is 0 Å². The Kier molecular flexibility index (Phi) is 9.71. The van der Waals surface area contributed by atoms with E-state index in [-0.39, 0.29) is 0 Å². The molecule has 4 nitrogen and oxygen atoms in total. The maximum atomic E-state index is 3.51. The summed E-state index contributed by atoms with van der Waals surface area (Å²) in [6, 6.07) is 9.53. The quantitative estimate of drug-likeness (QED) is 0.500. The smallest absolute Gasteiger partial charge is 0.0110 e. The topological polar surface area (TPSA) is 30.5 Å². The van der Waals surface area contributed by atoms with Crippen molar-refractivity contribution in [3.05, 3.63) is 35.4 Å². The second-order valence-electron chi connectivity index (χ2n) is 13.7. The van der Waals surface area contributed by atoms with Gasteiger partial charge in [-0.25, -0.2) is 0 Å². The van der Waals surface area contributed by atoms with Crippen LogP contribution < -0.4 is 10.6 Å². The largest absolute Gasteiger partial charge is 0.317 e. The van der Waals surface area contributed by atoms with Gasteiger partial charge in [0.25, 0.3) is 0 Å². The molecule has 0 bridgehead atoms. The molecule has 0 aliphatic carbocycles. The van der Waals surface area contributed by atoms with E-state index in [4.69, 9.17) is 0 Å². The summed E-state index contributed by atoms with van der Waals surface area (Å²) in [6.45, 7) is 22.4. The fourth-order valence-corrected chi connectivity index (χ4v) is 7.42. The number of nitrogens with zero attached hydrogens (tertiary/aromatic N) is 2. The van der Waals surface area contributed by atoms with E-state index in [1.54, 1.807) is 5.56 Å². The minimum absolute atomic E-state index is 0.313. The van der Waals surface area contributed by atoms with Crippen molar-refractivity contribution in [1.82, 2.24) is 20.4 Å². The van der Waals surface area contributed by atoms with Gasteiger partial charge in [-0.1, -0.05) is 52.0 Å². The lowest BCUT2D eigenvalue weighted by Gasteiger charge is -2.42. The first-order chi connectivity index (χ1) is 16.8. The highest BCUT2D eigenvalue weighted by atomic mass is 15.3. The van der Waals surface area contributed by atoms with Crippen LogP contribution in [0.1, 0.15) is 70.9 Å². The monoisotopic (exact) mass is 482 g/mol. The predicted molar refractivity (Wildman–Crippen MR) is 150 cm³/mol. The summed E-state index contributed by atoms with van der Waals surface area (Å²) in [5.41, 5.74) is 3.73. The molecule has 1 aromatic rings. The van der Waals surface area contributed by atoms with E-state index in [0.717, 1.165) is 11.8 Å². The first-order valence-corrected chi connectivity index (χ1v) is 14.7. The molecule has 3 fully saturated rings.